The van der Waals surface area contributed by atoms with Gasteiger partial charge in [0.2, 0.25) is 0 Å². The number of nitrogens with zero attached hydrogens (tertiary/aromatic N) is 2. The van der Waals surface area contributed by atoms with Gasteiger partial charge in [-0.1, -0.05) is 13.8 Å². The lowest BCUT2D eigenvalue weighted by Gasteiger charge is -2.10. The zero-order valence-electron chi connectivity index (χ0n) is 11.5. The summed E-state index contributed by atoms with van der Waals surface area (Å²) in [6, 6.07) is 0. The third-order valence-corrected chi connectivity index (χ3v) is 3.50. The number of aryl methyl sites for hydroxylation is 2. The van der Waals surface area contributed by atoms with Gasteiger partial charge in [-0.15, -0.1) is 12.4 Å². The first-order valence-corrected chi connectivity index (χ1v) is 6.21. The molecule has 0 aliphatic rings. The van der Waals surface area contributed by atoms with Gasteiger partial charge in [0.15, 0.2) is 0 Å². The SMILES string of the molecule is Cc1c(C)n(CCC(C)C)c2cncc(N)c12.Cl. The Morgan fingerprint density at radius 2 is 1.94 bits per heavy atom. The van der Waals surface area contributed by atoms with E-state index in [1.807, 2.05) is 6.20 Å². The highest BCUT2D eigenvalue weighted by molar-refractivity contribution is 5.94. The normalized spacial score (nSPS) is 10.9. The number of pyridine rings is 1. The molecule has 3 nitrogen and oxygen atoms in total. The van der Waals surface area contributed by atoms with Crippen LogP contribution in [0.25, 0.3) is 10.9 Å². The van der Waals surface area contributed by atoms with Crippen LogP contribution in [0.5, 0.6) is 0 Å². The van der Waals surface area contributed by atoms with Crippen molar-refractivity contribution >= 4 is 29.0 Å². The second-order valence-corrected chi connectivity index (χ2v) is 5.17. The van der Waals surface area contributed by atoms with E-state index in [1.165, 1.54) is 28.6 Å². The molecule has 0 aliphatic carbocycles. The van der Waals surface area contributed by atoms with Crippen molar-refractivity contribution < 1.29 is 0 Å². The molecule has 2 aromatic rings. The lowest BCUT2D eigenvalue weighted by molar-refractivity contribution is 0.519. The Labute approximate surface area is 115 Å². The molecule has 2 N–H and O–H groups in total. The Morgan fingerprint density at radius 3 is 2.56 bits per heavy atom. The fourth-order valence-electron chi connectivity index (χ4n) is 2.32. The molecule has 100 valence electrons. The summed E-state index contributed by atoms with van der Waals surface area (Å²) >= 11 is 0. The van der Waals surface area contributed by atoms with Crippen molar-refractivity contribution in [3.05, 3.63) is 23.7 Å². The first kappa shape index (κ1) is 14.8. The quantitative estimate of drug-likeness (QED) is 0.921. The van der Waals surface area contributed by atoms with Crippen LogP contribution in [0.3, 0.4) is 0 Å². The topological polar surface area (TPSA) is 43.8 Å². The molecular formula is C14H22ClN3. The van der Waals surface area contributed by atoms with E-state index in [4.69, 9.17) is 5.73 Å². The molecule has 0 atom stereocenters. The number of nitrogens with two attached hydrogens (primary N) is 1. The molecule has 0 bridgehead atoms. The largest absolute Gasteiger partial charge is 0.397 e. The Hall–Kier alpha value is -1.22. The fourth-order valence-corrected chi connectivity index (χ4v) is 2.32. The molecule has 2 rings (SSSR count). The van der Waals surface area contributed by atoms with Crippen molar-refractivity contribution in [1.82, 2.24) is 9.55 Å². The second-order valence-electron chi connectivity index (χ2n) is 5.17. The average molecular weight is 268 g/mol. The molecule has 0 spiro atoms. The summed E-state index contributed by atoms with van der Waals surface area (Å²) in [7, 11) is 0. The van der Waals surface area contributed by atoms with E-state index < -0.39 is 0 Å². The number of fused-ring (bicyclic) bond motifs is 1. The summed E-state index contributed by atoms with van der Waals surface area (Å²) in [6.07, 6.45) is 4.84. The van der Waals surface area contributed by atoms with Crippen LogP contribution >= 0.6 is 12.4 Å². The molecule has 0 radical (unpaired) electrons. The second kappa shape index (κ2) is 5.61. The first-order valence-electron chi connectivity index (χ1n) is 6.21. The monoisotopic (exact) mass is 267 g/mol. The fraction of sp³-hybridized carbons (Fsp3) is 0.500. The minimum Gasteiger partial charge on any atom is -0.397 e. The number of halogens is 1. The smallest absolute Gasteiger partial charge is 0.0692 e. The van der Waals surface area contributed by atoms with Crippen molar-refractivity contribution in [2.24, 2.45) is 5.92 Å². The van der Waals surface area contributed by atoms with Crippen molar-refractivity contribution in [3.63, 3.8) is 0 Å². The summed E-state index contributed by atoms with van der Waals surface area (Å²) in [5.74, 6) is 0.709. The van der Waals surface area contributed by atoms with Crippen molar-refractivity contribution in [2.45, 2.75) is 40.7 Å². The van der Waals surface area contributed by atoms with Gasteiger partial charge < -0.3 is 10.3 Å². The Bertz CT molecular complexity index is 543. The van der Waals surface area contributed by atoms with Crippen LogP contribution in [0.15, 0.2) is 12.4 Å². The van der Waals surface area contributed by atoms with Gasteiger partial charge in [0.25, 0.3) is 0 Å². The van der Waals surface area contributed by atoms with E-state index in [0.29, 0.717) is 5.92 Å². The molecule has 2 heterocycles. The molecule has 0 unspecified atom stereocenters. The van der Waals surface area contributed by atoms with Crippen LogP contribution in [0.2, 0.25) is 0 Å². The average Bonchev–Trinajstić information content (AvgIpc) is 2.51. The number of rotatable bonds is 3. The van der Waals surface area contributed by atoms with E-state index >= 15 is 0 Å². The van der Waals surface area contributed by atoms with Crippen molar-refractivity contribution in [1.29, 1.82) is 0 Å². The van der Waals surface area contributed by atoms with Gasteiger partial charge in [0.1, 0.15) is 0 Å². The van der Waals surface area contributed by atoms with E-state index in [0.717, 1.165) is 12.2 Å². The molecule has 4 heteroatoms. The van der Waals surface area contributed by atoms with Crippen LogP contribution in [0, 0.1) is 19.8 Å². The van der Waals surface area contributed by atoms with Crippen molar-refractivity contribution in [2.75, 3.05) is 5.73 Å². The Morgan fingerprint density at radius 1 is 1.28 bits per heavy atom. The van der Waals surface area contributed by atoms with Gasteiger partial charge in [-0.25, -0.2) is 0 Å². The third kappa shape index (κ3) is 2.46. The van der Waals surface area contributed by atoms with Gasteiger partial charge in [0.05, 0.1) is 23.6 Å². The lowest BCUT2D eigenvalue weighted by atomic mass is 10.1. The standard InChI is InChI=1S/C14H21N3.ClH/c1-9(2)5-6-17-11(4)10(3)14-12(15)7-16-8-13(14)17;/h7-9H,5-6,15H2,1-4H3;1H. The van der Waals surface area contributed by atoms with E-state index in [1.54, 1.807) is 6.20 Å². The number of anilines is 1. The molecule has 0 aliphatic heterocycles. The highest BCUT2D eigenvalue weighted by Crippen LogP contribution is 2.29. The molecule has 0 amide bonds. The number of hydrogen-bond acceptors (Lipinski definition) is 2. The highest BCUT2D eigenvalue weighted by Gasteiger charge is 2.13. The Kier molecular flexibility index (Phi) is 4.63. The molecule has 18 heavy (non-hydrogen) atoms. The minimum absolute atomic E-state index is 0. The predicted molar refractivity (Wildman–Crippen MR) is 80.3 cm³/mol. The maximum atomic E-state index is 6.02. The van der Waals surface area contributed by atoms with Gasteiger partial charge >= 0.3 is 0 Å². The summed E-state index contributed by atoms with van der Waals surface area (Å²) < 4.78 is 2.34. The Balaban J connectivity index is 0.00000162. The van der Waals surface area contributed by atoms with Crippen LogP contribution in [0.1, 0.15) is 31.5 Å². The van der Waals surface area contributed by atoms with E-state index in [-0.39, 0.29) is 12.4 Å². The van der Waals surface area contributed by atoms with Gasteiger partial charge in [-0.2, -0.15) is 0 Å². The molecule has 0 fully saturated rings. The molecule has 2 aromatic heterocycles. The van der Waals surface area contributed by atoms with E-state index in [9.17, 15) is 0 Å². The first-order chi connectivity index (χ1) is 8.02. The van der Waals surface area contributed by atoms with E-state index in [2.05, 4.69) is 37.2 Å². The summed E-state index contributed by atoms with van der Waals surface area (Å²) in [5.41, 5.74) is 10.6. The van der Waals surface area contributed by atoms with Gasteiger partial charge in [-0.3, -0.25) is 4.98 Å². The predicted octanol–water partition coefficient (Wildman–Crippen LogP) is 3.70. The maximum Gasteiger partial charge on any atom is 0.0692 e. The maximum absolute atomic E-state index is 6.02. The highest BCUT2D eigenvalue weighted by atomic mass is 35.5. The number of nitrogen functional groups attached to an aromatic ring is 1. The third-order valence-electron chi connectivity index (χ3n) is 3.50. The number of hydrogen-bond donors (Lipinski definition) is 1. The summed E-state index contributed by atoms with van der Waals surface area (Å²) in [6.45, 7) is 9.84. The van der Waals surface area contributed by atoms with Crippen molar-refractivity contribution in [3.8, 4) is 0 Å². The van der Waals surface area contributed by atoms with Crippen LogP contribution in [-0.4, -0.2) is 9.55 Å². The summed E-state index contributed by atoms with van der Waals surface area (Å²) in [4.78, 5) is 4.21. The molecule has 0 saturated carbocycles. The number of aromatic nitrogens is 2. The van der Waals surface area contributed by atoms with Crippen LogP contribution < -0.4 is 5.73 Å². The summed E-state index contributed by atoms with van der Waals surface area (Å²) in [5, 5.41) is 1.17. The lowest BCUT2D eigenvalue weighted by Crippen LogP contribution is -2.03. The molecule has 0 aromatic carbocycles. The van der Waals surface area contributed by atoms with Gasteiger partial charge in [0, 0.05) is 17.6 Å². The minimum atomic E-state index is 0. The van der Waals surface area contributed by atoms with Crippen LogP contribution in [0.4, 0.5) is 5.69 Å². The molecule has 0 saturated heterocycles. The van der Waals surface area contributed by atoms with Gasteiger partial charge in [-0.05, 0) is 31.7 Å². The zero-order valence-corrected chi connectivity index (χ0v) is 12.3. The van der Waals surface area contributed by atoms with Crippen LogP contribution in [-0.2, 0) is 6.54 Å². The molecular weight excluding hydrogens is 246 g/mol. The zero-order chi connectivity index (χ0) is 12.6.